The fraction of sp³-hybridized carbons (Fsp3) is 0.0476. The summed E-state index contributed by atoms with van der Waals surface area (Å²) >= 11 is 3.36. The molecule has 1 aromatic heterocycles. The van der Waals surface area contributed by atoms with Crippen molar-refractivity contribution in [1.82, 2.24) is 4.57 Å². The first kappa shape index (κ1) is 18.5. The monoisotopic (exact) mass is 421 g/mol. The van der Waals surface area contributed by atoms with Crippen molar-refractivity contribution < 1.29 is 9.53 Å². The average molecular weight is 422 g/mol. The van der Waals surface area contributed by atoms with Crippen molar-refractivity contribution in [2.75, 3.05) is 12.4 Å². The third-order valence-corrected chi connectivity index (χ3v) is 4.36. The van der Waals surface area contributed by atoms with Crippen LogP contribution in [0.1, 0.15) is 5.69 Å². The summed E-state index contributed by atoms with van der Waals surface area (Å²) in [6, 6.07) is 20.4. The Balaban J connectivity index is 1.87. The molecule has 0 fully saturated rings. The quantitative estimate of drug-likeness (QED) is 0.475. The van der Waals surface area contributed by atoms with Crippen LogP contribution in [0, 0.1) is 11.3 Å². The van der Waals surface area contributed by atoms with E-state index in [4.69, 9.17) is 4.74 Å². The number of carbonyl (C=O) groups is 1. The molecule has 0 bridgehead atoms. The Kier molecular flexibility index (Phi) is 5.74. The van der Waals surface area contributed by atoms with E-state index in [1.165, 1.54) is 0 Å². The number of nitriles is 1. The number of aromatic nitrogens is 1. The van der Waals surface area contributed by atoms with Gasteiger partial charge in [0, 0.05) is 27.7 Å². The molecule has 0 aliphatic heterocycles. The maximum atomic E-state index is 12.5. The van der Waals surface area contributed by atoms with E-state index >= 15 is 0 Å². The van der Waals surface area contributed by atoms with Gasteiger partial charge < -0.3 is 14.6 Å². The fourth-order valence-corrected chi connectivity index (χ4v) is 2.95. The van der Waals surface area contributed by atoms with E-state index in [1.807, 2.05) is 65.4 Å². The summed E-state index contributed by atoms with van der Waals surface area (Å²) < 4.78 is 7.91. The highest BCUT2D eigenvalue weighted by Crippen LogP contribution is 2.20. The van der Waals surface area contributed by atoms with Crippen molar-refractivity contribution in [3.05, 3.63) is 82.6 Å². The SMILES string of the molecule is COc1ccc(-n2cccc2/C=C(\C#N)C(=O)Nc2cccc(Br)c2)cc1. The summed E-state index contributed by atoms with van der Waals surface area (Å²) in [7, 11) is 1.61. The molecule has 0 spiro atoms. The number of ether oxygens (including phenoxy) is 1. The molecule has 0 atom stereocenters. The summed E-state index contributed by atoms with van der Waals surface area (Å²) in [5.41, 5.74) is 2.25. The standard InChI is InChI=1S/C21H16BrN3O2/c1-27-20-9-7-18(8-10-20)25-11-3-6-19(25)12-15(14-23)21(26)24-17-5-2-4-16(22)13-17/h2-13H,1H3,(H,24,26)/b15-12+. The predicted molar refractivity (Wildman–Crippen MR) is 109 cm³/mol. The van der Waals surface area contributed by atoms with Gasteiger partial charge in [0.05, 0.1) is 7.11 Å². The van der Waals surface area contributed by atoms with E-state index in [0.29, 0.717) is 5.69 Å². The molecule has 27 heavy (non-hydrogen) atoms. The van der Waals surface area contributed by atoms with Gasteiger partial charge in [-0.3, -0.25) is 4.79 Å². The number of carbonyl (C=O) groups excluding carboxylic acids is 1. The van der Waals surface area contributed by atoms with Crippen molar-refractivity contribution in [3.8, 4) is 17.5 Å². The van der Waals surface area contributed by atoms with Gasteiger partial charge in [-0.15, -0.1) is 0 Å². The highest BCUT2D eigenvalue weighted by molar-refractivity contribution is 9.10. The topological polar surface area (TPSA) is 67.0 Å². The van der Waals surface area contributed by atoms with Gasteiger partial charge in [-0.05, 0) is 60.7 Å². The number of amides is 1. The number of anilines is 1. The average Bonchev–Trinajstić information content (AvgIpc) is 3.14. The minimum atomic E-state index is -0.460. The largest absolute Gasteiger partial charge is 0.497 e. The number of methoxy groups -OCH3 is 1. The number of rotatable bonds is 5. The molecular formula is C21H16BrN3O2. The molecule has 0 unspecified atom stereocenters. The van der Waals surface area contributed by atoms with Gasteiger partial charge in [0.25, 0.3) is 5.91 Å². The van der Waals surface area contributed by atoms with Crippen LogP contribution < -0.4 is 10.1 Å². The molecule has 1 amide bonds. The van der Waals surface area contributed by atoms with Crippen LogP contribution >= 0.6 is 15.9 Å². The molecule has 0 saturated carbocycles. The van der Waals surface area contributed by atoms with E-state index in [2.05, 4.69) is 21.2 Å². The number of hydrogen-bond acceptors (Lipinski definition) is 3. The van der Waals surface area contributed by atoms with Gasteiger partial charge in [-0.2, -0.15) is 5.26 Å². The number of nitrogens with zero attached hydrogens (tertiary/aromatic N) is 2. The Morgan fingerprint density at radius 1 is 1.19 bits per heavy atom. The second-order valence-electron chi connectivity index (χ2n) is 5.64. The Bertz CT molecular complexity index is 1030. The smallest absolute Gasteiger partial charge is 0.266 e. The molecule has 3 rings (SSSR count). The van der Waals surface area contributed by atoms with Crippen molar-refractivity contribution in [1.29, 1.82) is 5.26 Å². The lowest BCUT2D eigenvalue weighted by atomic mass is 10.2. The summed E-state index contributed by atoms with van der Waals surface area (Å²) in [4.78, 5) is 12.5. The Morgan fingerprint density at radius 3 is 2.63 bits per heavy atom. The fourth-order valence-electron chi connectivity index (χ4n) is 2.55. The molecule has 3 aromatic rings. The van der Waals surface area contributed by atoms with Crippen molar-refractivity contribution >= 4 is 33.6 Å². The summed E-state index contributed by atoms with van der Waals surface area (Å²) in [6.45, 7) is 0. The molecule has 0 radical (unpaired) electrons. The minimum Gasteiger partial charge on any atom is -0.497 e. The van der Waals surface area contributed by atoms with Gasteiger partial charge in [-0.1, -0.05) is 22.0 Å². The van der Waals surface area contributed by atoms with Crippen molar-refractivity contribution in [2.24, 2.45) is 0 Å². The van der Waals surface area contributed by atoms with Crippen LogP contribution in [-0.4, -0.2) is 17.6 Å². The van der Waals surface area contributed by atoms with Crippen LogP contribution in [0.5, 0.6) is 5.75 Å². The first-order valence-electron chi connectivity index (χ1n) is 8.11. The molecule has 6 heteroatoms. The van der Waals surface area contributed by atoms with E-state index in [1.54, 1.807) is 25.3 Å². The van der Waals surface area contributed by atoms with Crippen molar-refractivity contribution in [2.45, 2.75) is 0 Å². The van der Waals surface area contributed by atoms with E-state index < -0.39 is 5.91 Å². The Hall–Kier alpha value is -3.30. The van der Waals surface area contributed by atoms with Crippen LogP contribution in [0.25, 0.3) is 11.8 Å². The maximum absolute atomic E-state index is 12.5. The zero-order chi connectivity index (χ0) is 19.2. The van der Waals surface area contributed by atoms with E-state index in [-0.39, 0.29) is 5.57 Å². The molecule has 1 heterocycles. The number of hydrogen-bond donors (Lipinski definition) is 1. The third-order valence-electron chi connectivity index (χ3n) is 3.87. The lowest BCUT2D eigenvalue weighted by Gasteiger charge is -2.09. The van der Waals surface area contributed by atoms with Crippen LogP contribution in [0.2, 0.25) is 0 Å². The predicted octanol–water partition coefficient (Wildman–Crippen LogP) is 4.79. The second-order valence-corrected chi connectivity index (χ2v) is 6.55. The minimum absolute atomic E-state index is 0.0171. The summed E-state index contributed by atoms with van der Waals surface area (Å²) in [5.74, 6) is 0.298. The number of nitrogens with one attached hydrogen (secondary N) is 1. The Morgan fingerprint density at radius 2 is 1.96 bits per heavy atom. The zero-order valence-electron chi connectivity index (χ0n) is 14.5. The first-order chi connectivity index (χ1) is 13.1. The van der Waals surface area contributed by atoms with Crippen LogP contribution in [0.4, 0.5) is 5.69 Å². The molecule has 2 aromatic carbocycles. The zero-order valence-corrected chi connectivity index (χ0v) is 16.1. The highest BCUT2D eigenvalue weighted by atomic mass is 79.9. The Labute approximate surface area is 165 Å². The number of halogens is 1. The summed E-state index contributed by atoms with van der Waals surface area (Å²) in [5, 5.41) is 12.2. The maximum Gasteiger partial charge on any atom is 0.266 e. The normalized spacial score (nSPS) is 10.9. The van der Waals surface area contributed by atoms with Gasteiger partial charge in [0.1, 0.15) is 17.4 Å². The molecular weight excluding hydrogens is 406 g/mol. The van der Waals surface area contributed by atoms with Gasteiger partial charge in [0.2, 0.25) is 0 Å². The second kappa shape index (κ2) is 8.39. The van der Waals surface area contributed by atoms with Crippen LogP contribution in [-0.2, 0) is 4.79 Å². The van der Waals surface area contributed by atoms with Gasteiger partial charge >= 0.3 is 0 Å². The third kappa shape index (κ3) is 4.46. The van der Waals surface area contributed by atoms with E-state index in [0.717, 1.165) is 21.6 Å². The molecule has 0 saturated heterocycles. The van der Waals surface area contributed by atoms with Crippen molar-refractivity contribution in [3.63, 3.8) is 0 Å². The van der Waals surface area contributed by atoms with Gasteiger partial charge in [-0.25, -0.2) is 0 Å². The molecule has 0 aliphatic rings. The molecule has 5 nitrogen and oxygen atoms in total. The lowest BCUT2D eigenvalue weighted by Crippen LogP contribution is -2.13. The molecule has 1 N–H and O–H groups in total. The molecule has 0 aliphatic carbocycles. The number of benzene rings is 2. The van der Waals surface area contributed by atoms with Crippen LogP contribution in [0.3, 0.4) is 0 Å². The van der Waals surface area contributed by atoms with E-state index in [9.17, 15) is 10.1 Å². The lowest BCUT2D eigenvalue weighted by molar-refractivity contribution is -0.112. The highest BCUT2D eigenvalue weighted by Gasteiger charge is 2.11. The van der Waals surface area contributed by atoms with Gasteiger partial charge in [0.15, 0.2) is 0 Å². The van der Waals surface area contributed by atoms with Crippen LogP contribution in [0.15, 0.2) is 76.9 Å². The molecule has 134 valence electrons. The first-order valence-corrected chi connectivity index (χ1v) is 8.90. The summed E-state index contributed by atoms with van der Waals surface area (Å²) in [6.07, 6.45) is 3.44.